The molecule has 0 spiro atoms. The van der Waals surface area contributed by atoms with E-state index in [0.29, 0.717) is 29.9 Å². The summed E-state index contributed by atoms with van der Waals surface area (Å²) in [4.78, 5) is 27.0. The Bertz CT molecular complexity index is 1250. The summed E-state index contributed by atoms with van der Waals surface area (Å²) in [7, 11) is -3.14. The highest BCUT2D eigenvalue weighted by atomic mass is 32.2. The lowest BCUT2D eigenvalue weighted by atomic mass is 10.1. The van der Waals surface area contributed by atoms with Crippen molar-refractivity contribution in [2.24, 2.45) is 0 Å². The quantitative estimate of drug-likeness (QED) is 0.465. The SMILES string of the molecule is CCN(C(=O)COC(=O)c1oc2ccccc2c1COc1ccccc1)C1CCS(=O)(=O)C1. The first-order chi connectivity index (χ1) is 15.9. The van der Waals surface area contributed by atoms with E-state index in [9.17, 15) is 18.0 Å². The van der Waals surface area contributed by atoms with E-state index < -0.39 is 34.4 Å². The molecule has 0 radical (unpaired) electrons. The second-order valence-electron chi connectivity index (χ2n) is 7.82. The fraction of sp³-hybridized carbons (Fsp3) is 0.333. The van der Waals surface area contributed by atoms with E-state index in [1.54, 1.807) is 19.1 Å². The van der Waals surface area contributed by atoms with Crippen LogP contribution in [-0.4, -0.2) is 55.9 Å². The molecule has 1 unspecified atom stereocenters. The number of furan rings is 1. The Labute approximate surface area is 192 Å². The van der Waals surface area contributed by atoms with Gasteiger partial charge in [0.25, 0.3) is 5.91 Å². The lowest BCUT2D eigenvalue weighted by molar-refractivity contribution is -0.136. The summed E-state index contributed by atoms with van der Waals surface area (Å²) in [5.41, 5.74) is 1.04. The summed E-state index contributed by atoms with van der Waals surface area (Å²) in [6.07, 6.45) is 0.389. The van der Waals surface area contributed by atoms with Gasteiger partial charge in [-0.25, -0.2) is 13.2 Å². The molecule has 174 valence electrons. The van der Waals surface area contributed by atoms with Crippen LogP contribution in [0.1, 0.15) is 29.5 Å². The van der Waals surface area contributed by atoms with Crippen molar-refractivity contribution in [1.29, 1.82) is 0 Å². The van der Waals surface area contributed by atoms with Crippen LogP contribution >= 0.6 is 0 Å². The number of nitrogens with zero attached hydrogens (tertiary/aromatic N) is 1. The number of carbonyl (C=O) groups excluding carboxylic acids is 2. The van der Waals surface area contributed by atoms with Gasteiger partial charge in [-0.2, -0.15) is 0 Å². The minimum Gasteiger partial charge on any atom is -0.489 e. The van der Waals surface area contributed by atoms with Crippen LogP contribution in [0.25, 0.3) is 11.0 Å². The van der Waals surface area contributed by atoms with E-state index in [2.05, 4.69) is 0 Å². The number of hydrogen-bond donors (Lipinski definition) is 0. The molecule has 1 atom stereocenters. The van der Waals surface area contributed by atoms with Crippen molar-refractivity contribution in [2.75, 3.05) is 24.7 Å². The van der Waals surface area contributed by atoms with Crippen molar-refractivity contribution in [2.45, 2.75) is 26.0 Å². The predicted molar refractivity (Wildman–Crippen MR) is 122 cm³/mol. The molecule has 2 heterocycles. The Kier molecular flexibility index (Phi) is 6.69. The average Bonchev–Trinajstić information content (AvgIpc) is 3.37. The molecule has 9 heteroatoms. The molecule has 8 nitrogen and oxygen atoms in total. The number of likely N-dealkylation sites (N-methyl/N-ethyl adjacent to an activating group) is 1. The molecule has 3 aromatic rings. The molecule has 1 saturated heterocycles. The molecule has 1 aliphatic heterocycles. The Morgan fingerprint density at radius 1 is 1.09 bits per heavy atom. The first-order valence-electron chi connectivity index (χ1n) is 10.7. The fourth-order valence-electron chi connectivity index (χ4n) is 4.01. The minimum atomic E-state index is -3.14. The van der Waals surface area contributed by atoms with Gasteiger partial charge in [-0.3, -0.25) is 4.79 Å². The van der Waals surface area contributed by atoms with E-state index in [0.717, 1.165) is 5.39 Å². The van der Waals surface area contributed by atoms with Gasteiger partial charge in [-0.1, -0.05) is 36.4 Å². The smallest absolute Gasteiger partial charge is 0.375 e. The van der Waals surface area contributed by atoms with Crippen molar-refractivity contribution in [3.05, 3.63) is 65.9 Å². The molecule has 33 heavy (non-hydrogen) atoms. The summed E-state index contributed by atoms with van der Waals surface area (Å²) in [5.74, 6) is -0.600. The Morgan fingerprint density at radius 2 is 1.82 bits per heavy atom. The van der Waals surface area contributed by atoms with Gasteiger partial charge in [0.1, 0.15) is 17.9 Å². The van der Waals surface area contributed by atoms with E-state index in [4.69, 9.17) is 13.9 Å². The number of amides is 1. The van der Waals surface area contributed by atoms with Crippen LogP contribution in [0.5, 0.6) is 5.75 Å². The van der Waals surface area contributed by atoms with Crippen LogP contribution in [0.2, 0.25) is 0 Å². The van der Waals surface area contributed by atoms with E-state index in [-0.39, 0.29) is 23.9 Å². The molecule has 1 aliphatic rings. The Balaban J connectivity index is 1.47. The molecule has 1 fully saturated rings. The minimum absolute atomic E-state index is 0.0218. The number of fused-ring (bicyclic) bond motifs is 1. The first-order valence-corrected chi connectivity index (χ1v) is 12.6. The zero-order valence-corrected chi connectivity index (χ0v) is 19.0. The van der Waals surface area contributed by atoms with Crippen LogP contribution in [0.3, 0.4) is 0 Å². The third-order valence-electron chi connectivity index (χ3n) is 5.65. The van der Waals surface area contributed by atoms with Crippen LogP contribution in [0.15, 0.2) is 59.0 Å². The van der Waals surface area contributed by atoms with Gasteiger partial charge < -0.3 is 18.8 Å². The summed E-state index contributed by atoms with van der Waals surface area (Å²) in [5, 5.41) is 0.720. The maximum Gasteiger partial charge on any atom is 0.375 e. The number of para-hydroxylation sites is 2. The van der Waals surface area contributed by atoms with Gasteiger partial charge in [0.15, 0.2) is 16.4 Å². The maximum absolute atomic E-state index is 12.8. The van der Waals surface area contributed by atoms with Gasteiger partial charge in [0.05, 0.1) is 17.1 Å². The standard InChI is InChI=1S/C24H25NO7S/c1-2-25(17-12-13-33(28,29)16-17)22(26)15-31-24(27)23-20(14-30-18-8-4-3-5-9-18)19-10-6-7-11-21(19)32-23/h3-11,17H,2,12-16H2,1H3. The zero-order valence-electron chi connectivity index (χ0n) is 18.2. The molecule has 1 amide bonds. The number of hydrogen-bond acceptors (Lipinski definition) is 7. The summed E-state index contributed by atoms with van der Waals surface area (Å²) in [6, 6.07) is 16.0. The van der Waals surface area contributed by atoms with Gasteiger partial charge in [-0.05, 0) is 31.5 Å². The fourth-order valence-corrected chi connectivity index (χ4v) is 5.75. The van der Waals surface area contributed by atoms with Gasteiger partial charge >= 0.3 is 5.97 Å². The molecule has 0 N–H and O–H groups in total. The second kappa shape index (κ2) is 9.66. The van der Waals surface area contributed by atoms with Crippen LogP contribution in [-0.2, 0) is 26.0 Å². The highest BCUT2D eigenvalue weighted by Crippen LogP contribution is 2.28. The molecule has 0 bridgehead atoms. The highest BCUT2D eigenvalue weighted by molar-refractivity contribution is 7.91. The highest BCUT2D eigenvalue weighted by Gasteiger charge is 2.34. The number of sulfone groups is 1. The predicted octanol–water partition coefficient (Wildman–Crippen LogP) is 3.20. The Morgan fingerprint density at radius 3 is 2.52 bits per heavy atom. The average molecular weight is 472 g/mol. The third-order valence-corrected chi connectivity index (χ3v) is 7.40. The van der Waals surface area contributed by atoms with E-state index >= 15 is 0 Å². The molecular formula is C24H25NO7S. The Hall–Kier alpha value is -3.33. The van der Waals surface area contributed by atoms with Gasteiger partial charge in [-0.15, -0.1) is 0 Å². The number of ether oxygens (including phenoxy) is 2. The summed E-state index contributed by atoms with van der Waals surface area (Å²) in [6.45, 7) is 1.68. The number of benzene rings is 2. The maximum atomic E-state index is 12.8. The molecule has 2 aromatic carbocycles. The zero-order chi connectivity index (χ0) is 23.4. The van der Waals surface area contributed by atoms with Crippen molar-refractivity contribution >= 4 is 32.7 Å². The lowest BCUT2D eigenvalue weighted by Crippen LogP contribution is -2.43. The number of esters is 1. The lowest BCUT2D eigenvalue weighted by Gasteiger charge is -2.26. The number of carbonyl (C=O) groups is 2. The normalized spacial score (nSPS) is 17.1. The first kappa shape index (κ1) is 22.8. The largest absolute Gasteiger partial charge is 0.489 e. The van der Waals surface area contributed by atoms with Crippen molar-refractivity contribution in [3.8, 4) is 5.75 Å². The molecule has 0 saturated carbocycles. The van der Waals surface area contributed by atoms with Crippen LogP contribution in [0.4, 0.5) is 0 Å². The van der Waals surface area contributed by atoms with Crippen LogP contribution < -0.4 is 4.74 Å². The molecule has 0 aliphatic carbocycles. The molecular weight excluding hydrogens is 446 g/mol. The summed E-state index contributed by atoms with van der Waals surface area (Å²) < 4.78 is 40.4. The van der Waals surface area contributed by atoms with Crippen molar-refractivity contribution in [3.63, 3.8) is 0 Å². The van der Waals surface area contributed by atoms with Gasteiger partial charge in [0.2, 0.25) is 5.76 Å². The van der Waals surface area contributed by atoms with E-state index in [1.165, 1.54) is 4.90 Å². The monoisotopic (exact) mass is 471 g/mol. The van der Waals surface area contributed by atoms with E-state index in [1.807, 2.05) is 42.5 Å². The topological polar surface area (TPSA) is 103 Å². The molecule has 4 rings (SSSR count). The second-order valence-corrected chi connectivity index (χ2v) is 10.0. The van der Waals surface area contributed by atoms with Crippen molar-refractivity contribution < 1.29 is 31.9 Å². The third kappa shape index (κ3) is 5.19. The molecule has 1 aromatic heterocycles. The van der Waals surface area contributed by atoms with Crippen molar-refractivity contribution in [1.82, 2.24) is 4.90 Å². The van der Waals surface area contributed by atoms with Gasteiger partial charge in [0, 0.05) is 18.0 Å². The summed E-state index contributed by atoms with van der Waals surface area (Å²) >= 11 is 0. The number of rotatable bonds is 8. The van der Waals surface area contributed by atoms with Crippen LogP contribution in [0, 0.1) is 0 Å².